The smallest absolute Gasteiger partial charge is 0.252 e. The summed E-state index contributed by atoms with van der Waals surface area (Å²) < 4.78 is 5.40. The molecule has 144 valence electrons. The van der Waals surface area contributed by atoms with Crippen LogP contribution >= 0.6 is 0 Å². The molecular weight excluding hydrogens is 354 g/mol. The van der Waals surface area contributed by atoms with Gasteiger partial charge < -0.3 is 15.2 Å². The fourth-order valence-corrected chi connectivity index (χ4v) is 3.59. The SMILES string of the molecule is O=C(NCC1(CO)CCOCC1)c1cc(-c2ccncc2)nc2ccccc12. The van der Waals surface area contributed by atoms with Gasteiger partial charge in [-0.05, 0) is 37.1 Å². The molecular formula is C22H23N3O3. The lowest BCUT2D eigenvalue weighted by Gasteiger charge is -2.35. The second-order valence-electron chi connectivity index (χ2n) is 7.26. The molecule has 4 rings (SSSR count). The fraction of sp³-hybridized carbons (Fsp3) is 0.318. The van der Waals surface area contributed by atoms with Gasteiger partial charge in [0.05, 0.1) is 23.4 Å². The zero-order valence-corrected chi connectivity index (χ0v) is 15.6. The molecule has 0 atom stereocenters. The topological polar surface area (TPSA) is 84.3 Å². The minimum absolute atomic E-state index is 0.0377. The Bertz CT molecular complexity index is 969. The largest absolute Gasteiger partial charge is 0.396 e. The minimum Gasteiger partial charge on any atom is -0.396 e. The first kappa shape index (κ1) is 18.5. The first-order valence-electron chi connectivity index (χ1n) is 9.48. The van der Waals surface area contributed by atoms with Gasteiger partial charge in [0, 0.05) is 48.5 Å². The molecule has 0 spiro atoms. The average Bonchev–Trinajstić information content (AvgIpc) is 2.78. The molecule has 6 nitrogen and oxygen atoms in total. The molecule has 0 bridgehead atoms. The molecule has 1 saturated heterocycles. The molecule has 2 aromatic heterocycles. The van der Waals surface area contributed by atoms with Crippen molar-refractivity contribution < 1.29 is 14.6 Å². The van der Waals surface area contributed by atoms with Crippen LogP contribution in [-0.4, -0.2) is 47.3 Å². The van der Waals surface area contributed by atoms with E-state index in [0.29, 0.717) is 25.3 Å². The Morgan fingerprint density at radius 1 is 1.14 bits per heavy atom. The van der Waals surface area contributed by atoms with Gasteiger partial charge in [0.25, 0.3) is 5.91 Å². The van der Waals surface area contributed by atoms with Gasteiger partial charge in [0.1, 0.15) is 0 Å². The summed E-state index contributed by atoms with van der Waals surface area (Å²) in [6.45, 7) is 1.69. The molecule has 1 fully saturated rings. The van der Waals surface area contributed by atoms with Crippen molar-refractivity contribution in [2.45, 2.75) is 12.8 Å². The van der Waals surface area contributed by atoms with Crippen LogP contribution in [0.25, 0.3) is 22.2 Å². The summed E-state index contributed by atoms with van der Waals surface area (Å²) in [6, 6.07) is 13.2. The first-order valence-corrected chi connectivity index (χ1v) is 9.48. The number of aliphatic hydroxyl groups excluding tert-OH is 1. The molecule has 0 aliphatic carbocycles. The van der Waals surface area contributed by atoms with E-state index in [-0.39, 0.29) is 17.9 Å². The summed E-state index contributed by atoms with van der Waals surface area (Å²) >= 11 is 0. The first-order chi connectivity index (χ1) is 13.7. The zero-order chi connectivity index (χ0) is 19.4. The van der Waals surface area contributed by atoms with Crippen molar-refractivity contribution in [2.75, 3.05) is 26.4 Å². The van der Waals surface area contributed by atoms with Gasteiger partial charge in [-0.1, -0.05) is 18.2 Å². The second-order valence-corrected chi connectivity index (χ2v) is 7.26. The van der Waals surface area contributed by atoms with Crippen molar-refractivity contribution in [2.24, 2.45) is 5.41 Å². The third-order valence-corrected chi connectivity index (χ3v) is 5.45. The van der Waals surface area contributed by atoms with E-state index < -0.39 is 0 Å². The van der Waals surface area contributed by atoms with Crippen LogP contribution in [0.3, 0.4) is 0 Å². The molecule has 0 unspecified atom stereocenters. The summed E-state index contributed by atoms with van der Waals surface area (Å²) in [5, 5.41) is 13.7. The average molecular weight is 377 g/mol. The number of pyridine rings is 2. The number of nitrogens with zero attached hydrogens (tertiary/aromatic N) is 2. The molecule has 2 N–H and O–H groups in total. The summed E-state index contributed by atoms with van der Waals surface area (Å²) in [6.07, 6.45) is 4.90. The Balaban J connectivity index is 1.66. The lowest BCUT2D eigenvalue weighted by molar-refractivity contribution is -0.0146. The number of rotatable bonds is 5. The third kappa shape index (κ3) is 3.74. The van der Waals surface area contributed by atoms with Crippen molar-refractivity contribution in [3.8, 4) is 11.3 Å². The molecule has 0 radical (unpaired) electrons. The number of carbonyl (C=O) groups is 1. The van der Waals surface area contributed by atoms with E-state index in [1.165, 1.54) is 0 Å². The molecule has 28 heavy (non-hydrogen) atoms. The standard InChI is InChI=1S/C22H23N3O3/c26-15-22(7-11-28-12-8-22)14-24-21(27)18-13-20(16-5-9-23-10-6-16)25-19-4-2-1-3-17(18)19/h1-6,9-10,13,26H,7-8,11-12,14-15H2,(H,24,27). The lowest BCUT2D eigenvalue weighted by atomic mass is 9.81. The van der Waals surface area contributed by atoms with E-state index in [1.807, 2.05) is 42.5 Å². The monoisotopic (exact) mass is 377 g/mol. The van der Waals surface area contributed by atoms with Crippen LogP contribution in [0.5, 0.6) is 0 Å². The van der Waals surface area contributed by atoms with Crippen molar-refractivity contribution >= 4 is 16.8 Å². The number of amides is 1. The van der Waals surface area contributed by atoms with Crippen LogP contribution in [0, 0.1) is 5.41 Å². The molecule has 1 aliphatic rings. The maximum atomic E-state index is 13.1. The van der Waals surface area contributed by atoms with Gasteiger partial charge in [-0.2, -0.15) is 0 Å². The molecule has 1 aliphatic heterocycles. The van der Waals surface area contributed by atoms with Gasteiger partial charge in [-0.25, -0.2) is 4.98 Å². The Morgan fingerprint density at radius 2 is 1.89 bits per heavy atom. The van der Waals surface area contributed by atoms with Crippen molar-refractivity contribution in [3.05, 3.63) is 60.4 Å². The third-order valence-electron chi connectivity index (χ3n) is 5.45. The lowest BCUT2D eigenvalue weighted by Crippen LogP contribution is -2.43. The second kappa shape index (κ2) is 8.04. The number of aliphatic hydroxyl groups is 1. The van der Waals surface area contributed by atoms with E-state index in [4.69, 9.17) is 9.72 Å². The number of ether oxygens (including phenoxy) is 1. The van der Waals surface area contributed by atoms with E-state index in [9.17, 15) is 9.90 Å². The number of hydrogen-bond donors (Lipinski definition) is 2. The zero-order valence-electron chi connectivity index (χ0n) is 15.6. The van der Waals surface area contributed by atoms with E-state index >= 15 is 0 Å². The van der Waals surface area contributed by atoms with Crippen LogP contribution in [0.15, 0.2) is 54.9 Å². The summed E-state index contributed by atoms with van der Waals surface area (Å²) in [5.74, 6) is -0.159. The molecule has 3 aromatic rings. The Labute approximate surface area is 163 Å². The van der Waals surface area contributed by atoms with Gasteiger partial charge >= 0.3 is 0 Å². The minimum atomic E-state index is -0.315. The number of hydrogen-bond acceptors (Lipinski definition) is 5. The van der Waals surface area contributed by atoms with E-state index in [2.05, 4.69) is 10.3 Å². The molecule has 1 amide bonds. The normalized spacial score (nSPS) is 16.0. The maximum Gasteiger partial charge on any atom is 0.252 e. The number of para-hydroxylation sites is 1. The highest BCUT2D eigenvalue weighted by atomic mass is 16.5. The highest BCUT2D eigenvalue weighted by Crippen LogP contribution is 2.30. The number of fused-ring (bicyclic) bond motifs is 1. The van der Waals surface area contributed by atoms with Crippen molar-refractivity contribution in [1.82, 2.24) is 15.3 Å². The van der Waals surface area contributed by atoms with Gasteiger partial charge in [-0.15, -0.1) is 0 Å². The quantitative estimate of drug-likeness (QED) is 0.714. The van der Waals surface area contributed by atoms with Gasteiger partial charge in [0.15, 0.2) is 0 Å². The summed E-state index contributed by atoms with van der Waals surface area (Å²) in [4.78, 5) is 21.8. The summed E-state index contributed by atoms with van der Waals surface area (Å²) in [5.41, 5.74) is 2.67. The highest BCUT2D eigenvalue weighted by Gasteiger charge is 2.32. The number of aromatic nitrogens is 2. The summed E-state index contributed by atoms with van der Waals surface area (Å²) in [7, 11) is 0. The Kier molecular flexibility index (Phi) is 5.32. The van der Waals surface area contributed by atoms with E-state index in [0.717, 1.165) is 35.0 Å². The van der Waals surface area contributed by atoms with Crippen LogP contribution in [0.1, 0.15) is 23.2 Å². The molecule has 1 aromatic carbocycles. The van der Waals surface area contributed by atoms with Gasteiger partial charge in [-0.3, -0.25) is 9.78 Å². The van der Waals surface area contributed by atoms with Crippen LogP contribution in [0.4, 0.5) is 0 Å². The predicted octanol–water partition coefficient (Wildman–Crippen LogP) is 2.82. The van der Waals surface area contributed by atoms with Crippen LogP contribution < -0.4 is 5.32 Å². The highest BCUT2D eigenvalue weighted by molar-refractivity contribution is 6.07. The number of benzene rings is 1. The van der Waals surface area contributed by atoms with Gasteiger partial charge in [0.2, 0.25) is 0 Å². The maximum absolute atomic E-state index is 13.1. The van der Waals surface area contributed by atoms with Crippen molar-refractivity contribution in [3.63, 3.8) is 0 Å². The van der Waals surface area contributed by atoms with Crippen molar-refractivity contribution in [1.29, 1.82) is 0 Å². The Hall–Kier alpha value is -2.83. The fourth-order valence-electron chi connectivity index (χ4n) is 3.59. The molecule has 6 heteroatoms. The predicted molar refractivity (Wildman–Crippen MR) is 107 cm³/mol. The molecule has 0 saturated carbocycles. The number of carbonyl (C=O) groups excluding carboxylic acids is 1. The van der Waals surface area contributed by atoms with Crippen LogP contribution in [0.2, 0.25) is 0 Å². The molecule has 3 heterocycles. The Morgan fingerprint density at radius 3 is 2.64 bits per heavy atom. The van der Waals surface area contributed by atoms with E-state index in [1.54, 1.807) is 12.4 Å². The van der Waals surface area contributed by atoms with Crippen LogP contribution in [-0.2, 0) is 4.74 Å². The number of nitrogens with one attached hydrogen (secondary N) is 1.